The number of hydrogen-bond acceptors (Lipinski definition) is 5. The molecular weight excluding hydrogens is 320 g/mol. The van der Waals surface area contributed by atoms with Crippen LogP contribution in [0, 0.1) is 0 Å². The summed E-state index contributed by atoms with van der Waals surface area (Å²) >= 11 is 5.64. The highest BCUT2D eigenvalue weighted by Gasteiger charge is 2.23. The fourth-order valence-electron chi connectivity index (χ4n) is 2.64. The monoisotopic (exact) mass is 338 g/mol. The van der Waals surface area contributed by atoms with Crippen molar-refractivity contribution >= 4 is 17.5 Å². The molecule has 0 bridgehead atoms. The van der Waals surface area contributed by atoms with Crippen LogP contribution in [0.3, 0.4) is 0 Å². The summed E-state index contributed by atoms with van der Waals surface area (Å²) in [6.07, 6.45) is 0.908. The van der Waals surface area contributed by atoms with E-state index in [1.165, 1.54) is 0 Å². The van der Waals surface area contributed by atoms with E-state index in [1.807, 2.05) is 17.7 Å². The highest BCUT2D eigenvalue weighted by molar-refractivity contribution is 6.28. The number of aromatic nitrogens is 5. The lowest BCUT2D eigenvalue weighted by Crippen LogP contribution is -2.38. The van der Waals surface area contributed by atoms with Gasteiger partial charge >= 0.3 is 0 Å². The molecule has 124 valence electrons. The standard InChI is InChI=1S/C14H19ClN6O2/c1-2-11(22)10-7-9-8-20(5-6-21(9)19-10)13(23)4-3-12-16-14(15)18-17-12/h7,11,22H,2-6,8H2,1H3,(H,16,17,18). The summed E-state index contributed by atoms with van der Waals surface area (Å²) in [6.45, 7) is 3.69. The minimum atomic E-state index is -0.548. The number of aliphatic hydroxyl groups is 1. The van der Waals surface area contributed by atoms with E-state index in [-0.39, 0.29) is 11.2 Å². The Kier molecular flexibility index (Phi) is 4.63. The fraction of sp³-hybridized carbons (Fsp3) is 0.571. The molecule has 1 unspecified atom stereocenters. The number of H-pyrrole nitrogens is 1. The number of aromatic amines is 1. The van der Waals surface area contributed by atoms with Crippen LogP contribution in [0.15, 0.2) is 6.07 Å². The van der Waals surface area contributed by atoms with Gasteiger partial charge in [0.05, 0.1) is 30.6 Å². The topological polar surface area (TPSA) is 99.9 Å². The number of aryl methyl sites for hydroxylation is 1. The van der Waals surface area contributed by atoms with Crippen LogP contribution >= 0.6 is 11.6 Å². The Hall–Kier alpha value is -1.93. The Morgan fingerprint density at radius 3 is 3.04 bits per heavy atom. The van der Waals surface area contributed by atoms with Gasteiger partial charge in [-0.1, -0.05) is 6.92 Å². The Morgan fingerprint density at radius 2 is 2.35 bits per heavy atom. The van der Waals surface area contributed by atoms with Gasteiger partial charge in [0.15, 0.2) is 0 Å². The number of rotatable bonds is 5. The number of amides is 1. The number of fused-ring (bicyclic) bond motifs is 1. The van der Waals surface area contributed by atoms with E-state index in [9.17, 15) is 9.90 Å². The maximum Gasteiger partial charge on any atom is 0.242 e. The second kappa shape index (κ2) is 6.67. The molecule has 0 saturated heterocycles. The number of aliphatic hydroxyl groups excluding tert-OH is 1. The molecule has 0 radical (unpaired) electrons. The third kappa shape index (κ3) is 3.53. The van der Waals surface area contributed by atoms with Gasteiger partial charge in [0, 0.05) is 19.4 Å². The van der Waals surface area contributed by atoms with Gasteiger partial charge < -0.3 is 10.0 Å². The van der Waals surface area contributed by atoms with Gasteiger partial charge in [-0.3, -0.25) is 14.6 Å². The number of nitrogens with one attached hydrogen (secondary N) is 1. The van der Waals surface area contributed by atoms with E-state index in [1.54, 1.807) is 4.90 Å². The lowest BCUT2D eigenvalue weighted by Gasteiger charge is -2.27. The van der Waals surface area contributed by atoms with Crippen molar-refractivity contribution in [2.75, 3.05) is 6.54 Å². The average molecular weight is 339 g/mol. The SMILES string of the molecule is CCC(O)c1cc2n(n1)CCN(C(=O)CCc1nc(Cl)n[nH]1)C2. The van der Waals surface area contributed by atoms with E-state index in [4.69, 9.17) is 11.6 Å². The van der Waals surface area contributed by atoms with Gasteiger partial charge in [-0.25, -0.2) is 4.98 Å². The first kappa shape index (κ1) is 15.9. The molecule has 2 aromatic rings. The third-order valence-corrected chi connectivity index (χ3v) is 4.15. The van der Waals surface area contributed by atoms with E-state index in [0.717, 1.165) is 5.69 Å². The van der Waals surface area contributed by atoms with Crippen molar-refractivity contribution in [3.8, 4) is 0 Å². The van der Waals surface area contributed by atoms with Crippen molar-refractivity contribution in [2.24, 2.45) is 0 Å². The smallest absolute Gasteiger partial charge is 0.242 e. The molecule has 9 heteroatoms. The Morgan fingerprint density at radius 1 is 1.52 bits per heavy atom. The number of hydrogen-bond donors (Lipinski definition) is 2. The molecule has 0 spiro atoms. The zero-order chi connectivity index (χ0) is 16.4. The van der Waals surface area contributed by atoms with Crippen molar-refractivity contribution < 1.29 is 9.90 Å². The van der Waals surface area contributed by atoms with Gasteiger partial charge in [-0.15, -0.1) is 5.10 Å². The predicted octanol–water partition coefficient (Wildman–Crippen LogP) is 1.07. The molecule has 0 aliphatic carbocycles. The molecule has 3 heterocycles. The van der Waals surface area contributed by atoms with Crippen LogP contribution < -0.4 is 0 Å². The summed E-state index contributed by atoms with van der Waals surface area (Å²) < 4.78 is 1.87. The van der Waals surface area contributed by atoms with Gasteiger partial charge in [0.25, 0.3) is 0 Å². The van der Waals surface area contributed by atoms with Gasteiger partial charge in [0.1, 0.15) is 5.82 Å². The van der Waals surface area contributed by atoms with Crippen LogP contribution in [0.4, 0.5) is 0 Å². The third-order valence-electron chi connectivity index (χ3n) is 3.98. The lowest BCUT2D eigenvalue weighted by molar-refractivity contribution is -0.132. The molecule has 1 atom stereocenters. The van der Waals surface area contributed by atoms with Crippen molar-refractivity contribution in [3.05, 3.63) is 28.6 Å². The van der Waals surface area contributed by atoms with Crippen LogP contribution in [-0.2, 0) is 24.3 Å². The quantitative estimate of drug-likeness (QED) is 0.849. The predicted molar refractivity (Wildman–Crippen MR) is 82.6 cm³/mol. The number of carbonyl (C=O) groups excluding carboxylic acids is 1. The number of nitrogens with zero attached hydrogens (tertiary/aromatic N) is 5. The zero-order valence-electron chi connectivity index (χ0n) is 12.9. The number of carbonyl (C=O) groups is 1. The van der Waals surface area contributed by atoms with E-state index < -0.39 is 6.10 Å². The second-order valence-electron chi connectivity index (χ2n) is 5.57. The van der Waals surface area contributed by atoms with Crippen LogP contribution in [0.1, 0.15) is 43.1 Å². The van der Waals surface area contributed by atoms with E-state index in [0.29, 0.717) is 50.4 Å². The van der Waals surface area contributed by atoms with E-state index in [2.05, 4.69) is 20.3 Å². The maximum absolute atomic E-state index is 12.3. The average Bonchev–Trinajstić information content (AvgIpc) is 3.16. The summed E-state index contributed by atoms with van der Waals surface area (Å²) in [7, 11) is 0. The molecule has 0 aromatic carbocycles. The summed E-state index contributed by atoms with van der Waals surface area (Å²) in [6, 6.07) is 1.88. The van der Waals surface area contributed by atoms with Crippen LogP contribution in [0.2, 0.25) is 5.28 Å². The van der Waals surface area contributed by atoms with Crippen molar-refractivity contribution in [2.45, 2.75) is 45.4 Å². The summed E-state index contributed by atoms with van der Waals surface area (Å²) in [5, 5.41) is 20.9. The van der Waals surface area contributed by atoms with Crippen molar-refractivity contribution in [1.29, 1.82) is 0 Å². The highest BCUT2D eigenvalue weighted by atomic mass is 35.5. The molecule has 0 saturated carbocycles. The minimum absolute atomic E-state index is 0.0579. The molecule has 2 N–H and O–H groups in total. The van der Waals surface area contributed by atoms with Crippen molar-refractivity contribution in [3.63, 3.8) is 0 Å². The van der Waals surface area contributed by atoms with Crippen LogP contribution in [0.5, 0.6) is 0 Å². The molecule has 2 aromatic heterocycles. The molecule has 1 aliphatic heterocycles. The van der Waals surface area contributed by atoms with Gasteiger partial charge in [-0.2, -0.15) is 5.10 Å². The van der Waals surface area contributed by atoms with Crippen molar-refractivity contribution in [1.82, 2.24) is 29.9 Å². The van der Waals surface area contributed by atoms with Gasteiger partial charge in [-0.05, 0) is 24.1 Å². The minimum Gasteiger partial charge on any atom is -0.387 e. The first-order valence-corrected chi connectivity index (χ1v) is 8.04. The molecule has 3 rings (SSSR count). The van der Waals surface area contributed by atoms with Gasteiger partial charge in [0.2, 0.25) is 11.2 Å². The second-order valence-corrected chi connectivity index (χ2v) is 5.91. The summed E-state index contributed by atoms with van der Waals surface area (Å²) in [5.74, 6) is 0.668. The first-order chi connectivity index (χ1) is 11.1. The Labute approximate surface area is 138 Å². The molecule has 0 fully saturated rings. The lowest BCUT2D eigenvalue weighted by atomic mass is 10.2. The summed E-state index contributed by atoms with van der Waals surface area (Å²) in [5.41, 5.74) is 1.63. The highest BCUT2D eigenvalue weighted by Crippen LogP contribution is 2.20. The molecule has 1 amide bonds. The molecule has 23 heavy (non-hydrogen) atoms. The number of halogens is 1. The summed E-state index contributed by atoms with van der Waals surface area (Å²) in [4.78, 5) is 18.1. The Balaban J connectivity index is 1.60. The largest absolute Gasteiger partial charge is 0.387 e. The fourth-order valence-corrected chi connectivity index (χ4v) is 2.79. The van der Waals surface area contributed by atoms with Crippen LogP contribution in [-0.4, -0.2) is 47.4 Å². The Bertz CT molecular complexity index is 697. The molecule has 1 aliphatic rings. The van der Waals surface area contributed by atoms with Crippen LogP contribution in [0.25, 0.3) is 0 Å². The zero-order valence-corrected chi connectivity index (χ0v) is 13.6. The maximum atomic E-state index is 12.3. The molecular formula is C14H19ClN6O2. The normalized spacial score (nSPS) is 15.5. The first-order valence-electron chi connectivity index (χ1n) is 7.66. The van der Waals surface area contributed by atoms with E-state index >= 15 is 0 Å². The molecule has 8 nitrogen and oxygen atoms in total.